The maximum atomic E-state index is 10.1. The molecule has 3 aromatic carbocycles. The normalized spacial score (nSPS) is 14.5. The SMILES string of the molecule is [C-]#[N+]/C(C#N)=C(/C(C#N)=C/C=C1\Oc2ccc(-c3ccccc3)cc2N1CCC[N+](C)(C)C)c1ccccc1. The summed E-state index contributed by atoms with van der Waals surface area (Å²) in [6, 6.07) is 29.6. The van der Waals surface area contributed by atoms with Gasteiger partial charge in [-0.15, -0.1) is 0 Å². The number of hydrogen-bond donors (Lipinski definition) is 0. The quantitative estimate of drug-likeness (QED) is 0.144. The summed E-state index contributed by atoms with van der Waals surface area (Å²) in [6.07, 6.45) is 4.32. The Morgan fingerprint density at radius 2 is 1.64 bits per heavy atom. The lowest BCUT2D eigenvalue weighted by Crippen LogP contribution is -2.37. The van der Waals surface area contributed by atoms with Gasteiger partial charge in [-0.05, 0) is 34.9 Å². The Labute approximate surface area is 230 Å². The molecule has 3 aromatic rings. The van der Waals surface area contributed by atoms with Gasteiger partial charge in [-0.25, -0.2) is 10.1 Å². The van der Waals surface area contributed by atoms with E-state index in [-0.39, 0.29) is 11.3 Å². The first-order valence-corrected chi connectivity index (χ1v) is 12.7. The number of nitrogens with zero attached hydrogens (tertiary/aromatic N) is 5. The van der Waals surface area contributed by atoms with Crippen molar-refractivity contribution >= 4 is 11.3 Å². The highest BCUT2D eigenvalue weighted by atomic mass is 16.5. The molecule has 0 saturated heterocycles. The summed E-state index contributed by atoms with van der Waals surface area (Å²) >= 11 is 0. The van der Waals surface area contributed by atoms with Gasteiger partial charge in [0.2, 0.25) is 5.88 Å². The van der Waals surface area contributed by atoms with E-state index in [0.29, 0.717) is 17.0 Å². The highest BCUT2D eigenvalue weighted by Gasteiger charge is 2.27. The van der Waals surface area contributed by atoms with Crippen molar-refractivity contribution in [2.24, 2.45) is 0 Å². The van der Waals surface area contributed by atoms with Crippen LogP contribution in [-0.2, 0) is 0 Å². The third-order valence-corrected chi connectivity index (χ3v) is 6.35. The number of hydrogen-bond acceptors (Lipinski definition) is 4. The minimum Gasteiger partial charge on any atom is -0.439 e. The number of rotatable bonds is 8. The molecule has 6 heteroatoms. The number of ether oxygens (including phenoxy) is 1. The van der Waals surface area contributed by atoms with Gasteiger partial charge in [-0.2, -0.15) is 5.26 Å². The molecule has 39 heavy (non-hydrogen) atoms. The van der Waals surface area contributed by atoms with E-state index in [0.717, 1.165) is 46.6 Å². The molecule has 0 fully saturated rings. The van der Waals surface area contributed by atoms with Crippen molar-refractivity contribution in [2.75, 3.05) is 39.1 Å². The molecule has 0 saturated carbocycles. The summed E-state index contributed by atoms with van der Waals surface area (Å²) in [7, 11) is 6.51. The number of allylic oxidation sites excluding steroid dienone is 5. The Kier molecular flexibility index (Phi) is 8.27. The molecular formula is C33H30N5O+. The molecule has 6 nitrogen and oxygen atoms in total. The predicted octanol–water partition coefficient (Wildman–Crippen LogP) is 6.79. The monoisotopic (exact) mass is 512 g/mol. The van der Waals surface area contributed by atoms with Crippen LogP contribution in [0.25, 0.3) is 21.5 Å². The Bertz CT molecular complexity index is 1540. The second kappa shape index (κ2) is 12.0. The molecule has 0 atom stereocenters. The van der Waals surface area contributed by atoms with Crippen LogP contribution in [-0.4, -0.2) is 38.7 Å². The molecule has 0 spiro atoms. The van der Waals surface area contributed by atoms with Crippen LogP contribution in [0, 0.1) is 29.2 Å². The Morgan fingerprint density at radius 1 is 0.949 bits per heavy atom. The first-order chi connectivity index (χ1) is 18.8. The summed E-state index contributed by atoms with van der Waals surface area (Å²) in [6.45, 7) is 9.21. The number of fused-ring (bicyclic) bond motifs is 1. The fourth-order valence-electron chi connectivity index (χ4n) is 4.46. The molecule has 0 bridgehead atoms. The van der Waals surface area contributed by atoms with Crippen molar-refractivity contribution in [3.05, 3.63) is 125 Å². The van der Waals surface area contributed by atoms with E-state index >= 15 is 0 Å². The van der Waals surface area contributed by atoms with Crippen LogP contribution in [0.1, 0.15) is 12.0 Å². The minimum absolute atomic E-state index is 0.129. The van der Waals surface area contributed by atoms with Gasteiger partial charge in [0.15, 0.2) is 5.75 Å². The van der Waals surface area contributed by atoms with Crippen molar-refractivity contribution in [1.82, 2.24) is 0 Å². The summed E-state index contributed by atoms with van der Waals surface area (Å²) in [5, 5.41) is 19.7. The maximum Gasteiger partial charge on any atom is 0.270 e. The number of benzene rings is 3. The third kappa shape index (κ3) is 6.43. The molecule has 0 amide bonds. The van der Waals surface area contributed by atoms with Gasteiger partial charge in [0.25, 0.3) is 5.70 Å². The molecule has 0 aliphatic carbocycles. The first-order valence-electron chi connectivity index (χ1n) is 12.7. The largest absolute Gasteiger partial charge is 0.439 e. The number of quaternary nitrogens is 1. The maximum absolute atomic E-state index is 10.1. The topological polar surface area (TPSA) is 64.4 Å². The van der Waals surface area contributed by atoms with E-state index in [4.69, 9.17) is 11.3 Å². The van der Waals surface area contributed by atoms with Crippen LogP contribution in [0.2, 0.25) is 0 Å². The second-order valence-electron chi connectivity index (χ2n) is 10.2. The van der Waals surface area contributed by atoms with Gasteiger partial charge >= 0.3 is 0 Å². The predicted molar refractivity (Wildman–Crippen MR) is 155 cm³/mol. The second-order valence-corrected chi connectivity index (χ2v) is 10.2. The zero-order valence-corrected chi connectivity index (χ0v) is 22.4. The Morgan fingerprint density at radius 3 is 2.26 bits per heavy atom. The average molecular weight is 513 g/mol. The molecule has 0 aromatic heterocycles. The molecule has 0 unspecified atom stereocenters. The van der Waals surface area contributed by atoms with Gasteiger partial charge in [0.05, 0.1) is 57.7 Å². The van der Waals surface area contributed by atoms with Crippen molar-refractivity contribution < 1.29 is 9.22 Å². The van der Waals surface area contributed by atoms with Crippen LogP contribution in [0.5, 0.6) is 5.75 Å². The zero-order chi connectivity index (χ0) is 27.8. The summed E-state index contributed by atoms with van der Waals surface area (Å²) < 4.78 is 7.12. The lowest BCUT2D eigenvalue weighted by molar-refractivity contribution is -0.870. The van der Waals surface area contributed by atoms with Crippen LogP contribution in [0.15, 0.2) is 108 Å². The van der Waals surface area contributed by atoms with E-state index in [2.05, 4.69) is 55.2 Å². The fraction of sp³-hybridized carbons (Fsp3) is 0.182. The highest BCUT2D eigenvalue weighted by Crippen LogP contribution is 2.42. The lowest BCUT2D eigenvalue weighted by atomic mass is 9.96. The van der Waals surface area contributed by atoms with Crippen molar-refractivity contribution in [2.45, 2.75) is 6.42 Å². The van der Waals surface area contributed by atoms with E-state index in [1.807, 2.05) is 54.6 Å². The van der Waals surface area contributed by atoms with Gasteiger partial charge in [0, 0.05) is 24.6 Å². The first kappa shape index (κ1) is 27.0. The van der Waals surface area contributed by atoms with Crippen molar-refractivity contribution in [1.29, 1.82) is 10.5 Å². The van der Waals surface area contributed by atoms with Crippen molar-refractivity contribution in [3.8, 4) is 29.0 Å². The molecule has 1 aliphatic rings. The summed E-state index contributed by atoms with van der Waals surface area (Å²) in [5.41, 5.74) is 4.22. The van der Waals surface area contributed by atoms with Crippen LogP contribution >= 0.6 is 0 Å². The molecule has 1 heterocycles. The van der Waals surface area contributed by atoms with Crippen LogP contribution in [0.3, 0.4) is 0 Å². The molecule has 4 rings (SSSR count). The molecule has 192 valence electrons. The Balaban J connectivity index is 1.76. The summed E-state index contributed by atoms with van der Waals surface area (Å²) in [4.78, 5) is 5.53. The smallest absolute Gasteiger partial charge is 0.270 e. The highest BCUT2D eigenvalue weighted by molar-refractivity contribution is 5.88. The van der Waals surface area contributed by atoms with Gasteiger partial charge in [-0.3, -0.25) is 0 Å². The fourth-order valence-corrected chi connectivity index (χ4v) is 4.46. The van der Waals surface area contributed by atoms with Crippen LogP contribution in [0.4, 0.5) is 5.69 Å². The van der Waals surface area contributed by atoms with Gasteiger partial charge in [0.1, 0.15) is 0 Å². The Hall–Kier alpha value is -5.09. The zero-order valence-electron chi connectivity index (χ0n) is 22.4. The van der Waals surface area contributed by atoms with E-state index in [1.54, 1.807) is 24.3 Å². The number of anilines is 1. The lowest BCUT2D eigenvalue weighted by Gasteiger charge is -2.26. The van der Waals surface area contributed by atoms with Gasteiger partial charge in [-0.1, -0.05) is 66.7 Å². The van der Waals surface area contributed by atoms with E-state index in [1.165, 1.54) is 0 Å². The molecule has 0 radical (unpaired) electrons. The van der Waals surface area contributed by atoms with E-state index in [9.17, 15) is 10.5 Å². The molecular weight excluding hydrogens is 482 g/mol. The van der Waals surface area contributed by atoms with Gasteiger partial charge < -0.3 is 14.1 Å². The average Bonchev–Trinajstić information content (AvgIpc) is 3.29. The number of nitriles is 2. The molecule has 1 aliphatic heterocycles. The summed E-state index contributed by atoms with van der Waals surface area (Å²) in [5.74, 6) is 1.34. The molecule has 0 N–H and O–H groups in total. The third-order valence-electron chi connectivity index (χ3n) is 6.35. The van der Waals surface area contributed by atoms with Crippen LogP contribution < -0.4 is 9.64 Å². The van der Waals surface area contributed by atoms with E-state index < -0.39 is 0 Å². The minimum atomic E-state index is -0.129. The van der Waals surface area contributed by atoms with Crippen molar-refractivity contribution in [3.63, 3.8) is 0 Å². The standard InChI is InChI=1S/C33H30N5O/c1-36-29(24-35)33(26-14-9-6-10-15-26)28(23-34)17-19-32-37(20-11-21-38(2,3)4)30-22-27(16-18-31(30)39-32)25-12-7-5-8-13-25/h5-10,12-19,22H,11,20-21H2,2-4H3/q+1/b28-17+,32-19-,33-29+.